The molecule has 0 saturated carbocycles. The monoisotopic (exact) mass is 274 g/mol. The van der Waals surface area contributed by atoms with Crippen molar-refractivity contribution in [1.29, 1.82) is 0 Å². The van der Waals surface area contributed by atoms with Crippen molar-refractivity contribution >= 4 is 6.03 Å². The summed E-state index contributed by atoms with van der Waals surface area (Å²) in [6, 6.07) is 7.58. The molecule has 0 aliphatic heterocycles. The van der Waals surface area contributed by atoms with Crippen molar-refractivity contribution in [3.05, 3.63) is 48.5 Å². The number of para-hydroxylation sites is 1. The normalized spacial score (nSPS) is 10.2. The van der Waals surface area contributed by atoms with E-state index in [0.717, 1.165) is 11.3 Å². The largest absolute Gasteiger partial charge is 0.396 e. The van der Waals surface area contributed by atoms with Gasteiger partial charge in [-0.15, -0.1) is 0 Å². The molecule has 106 valence electrons. The van der Waals surface area contributed by atoms with Crippen molar-refractivity contribution in [2.75, 3.05) is 13.2 Å². The Hall–Kier alpha value is -2.34. The van der Waals surface area contributed by atoms with Crippen LogP contribution in [-0.2, 0) is 6.54 Å². The molecule has 0 radical (unpaired) electrons. The van der Waals surface area contributed by atoms with Gasteiger partial charge in [0, 0.05) is 32.1 Å². The maximum absolute atomic E-state index is 11.6. The smallest absolute Gasteiger partial charge is 0.315 e. The minimum atomic E-state index is -0.237. The molecule has 2 amide bonds. The van der Waals surface area contributed by atoms with Crippen molar-refractivity contribution in [2.45, 2.75) is 13.0 Å². The lowest BCUT2D eigenvalue weighted by molar-refractivity contribution is 0.237. The van der Waals surface area contributed by atoms with Crippen LogP contribution in [0.5, 0.6) is 0 Å². The molecule has 3 N–H and O–H groups in total. The number of nitrogens with one attached hydrogen (secondary N) is 2. The number of benzene rings is 1. The number of carbonyl (C=O) groups excluding carboxylic acids is 1. The van der Waals surface area contributed by atoms with Gasteiger partial charge in [-0.05, 0) is 18.1 Å². The second-order valence-electron chi connectivity index (χ2n) is 4.29. The summed E-state index contributed by atoms with van der Waals surface area (Å²) in [5.41, 5.74) is 1.99. The standard InChI is InChI=1S/C14H18N4O2/c19-9-3-6-16-14(20)17-10-12-4-1-2-5-13(12)18-8-7-15-11-18/h1-2,4-5,7-8,11,19H,3,6,9-10H2,(H2,16,17,20). The third-order valence-corrected chi connectivity index (χ3v) is 2.83. The molecule has 0 bridgehead atoms. The zero-order valence-electron chi connectivity index (χ0n) is 11.1. The van der Waals surface area contributed by atoms with Gasteiger partial charge in [0.1, 0.15) is 0 Å². The van der Waals surface area contributed by atoms with Crippen molar-refractivity contribution in [1.82, 2.24) is 20.2 Å². The summed E-state index contributed by atoms with van der Waals surface area (Å²) >= 11 is 0. The highest BCUT2D eigenvalue weighted by Gasteiger charge is 2.05. The Bertz CT molecular complexity index is 540. The zero-order valence-corrected chi connectivity index (χ0v) is 11.1. The van der Waals surface area contributed by atoms with E-state index in [2.05, 4.69) is 15.6 Å². The van der Waals surface area contributed by atoms with Crippen LogP contribution < -0.4 is 10.6 Å². The Kier molecular flexibility index (Phi) is 5.14. The van der Waals surface area contributed by atoms with Crippen LogP contribution in [0.1, 0.15) is 12.0 Å². The predicted molar refractivity (Wildman–Crippen MR) is 75.5 cm³/mol. The lowest BCUT2D eigenvalue weighted by Crippen LogP contribution is -2.36. The molecule has 0 saturated heterocycles. The quantitative estimate of drug-likeness (QED) is 0.689. The van der Waals surface area contributed by atoms with Crippen LogP contribution in [0.4, 0.5) is 4.79 Å². The Morgan fingerprint density at radius 3 is 2.90 bits per heavy atom. The van der Waals surface area contributed by atoms with Gasteiger partial charge in [-0.1, -0.05) is 18.2 Å². The first-order valence-electron chi connectivity index (χ1n) is 6.50. The molecule has 0 unspecified atom stereocenters. The van der Waals surface area contributed by atoms with Crippen LogP contribution in [-0.4, -0.2) is 33.8 Å². The van der Waals surface area contributed by atoms with E-state index < -0.39 is 0 Å². The highest BCUT2D eigenvalue weighted by atomic mass is 16.3. The highest BCUT2D eigenvalue weighted by Crippen LogP contribution is 2.13. The van der Waals surface area contributed by atoms with Crippen molar-refractivity contribution in [3.63, 3.8) is 0 Å². The number of aromatic nitrogens is 2. The van der Waals surface area contributed by atoms with Gasteiger partial charge in [-0.25, -0.2) is 9.78 Å². The van der Waals surface area contributed by atoms with Crippen molar-refractivity contribution in [3.8, 4) is 5.69 Å². The predicted octanol–water partition coefficient (Wildman–Crippen LogP) is 1.05. The lowest BCUT2D eigenvalue weighted by atomic mass is 10.1. The molecule has 1 aromatic heterocycles. The summed E-state index contributed by atoms with van der Waals surface area (Å²) in [5.74, 6) is 0. The average molecular weight is 274 g/mol. The molecule has 6 nitrogen and oxygen atoms in total. The van der Waals surface area contributed by atoms with Gasteiger partial charge >= 0.3 is 6.03 Å². The maximum Gasteiger partial charge on any atom is 0.315 e. The molecule has 2 aromatic rings. The van der Waals surface area contributed by atoms with Gasteiger partial charge in [0.25, 0.3) is 0 Å². The Labute approximate surface area is 117 Å². The number of hydrogen-bond donors (Lipinski definition) is 3. The lowest BCUT2D eigenvalue weighted by Gasteiger charge is -2.11. The molecule has 6 heteroatoms. The van der Waals surface area contributed by atoms with Crippen LogP contribution in [0, 0.1) is 0 Å². The summed E-state index contributed by atoms with van der Waals surface area (Å²) in [4.78, 5) is 15.6. The molecular formula is C14H18N4O2. The van der Waals surface area contributed by atoms with E-state index in [1.54, 1.807) is 12.5 Å². The number of aliphatic hydroxyl groups excluding tert-OH is 1. The number of carbonyl (C=O) groups is 1. The molecule has 0 aliphatic rings. The van der Waals surface area contributed by atoms with Gasteiger partial charge < -0.3 is 20.3 Å². The SMILES string of the molecule is O=C(NCCCO)NCc1ccccc1-n1ccnc1. The van der Waals surface area contributed by atoms with Gasteiger partial charge in [-0.3, -0.25) is 0 Å². The number of urea groups is 1. The third kappa shape index (κ3) is 3.83. The van der Waals surface area contributed by atoms with E-state index in [4.69, 9.17) is 5.11 Å². The van der Waals surface area contributed by atoms with Crippen LogP contribution in [0.25, 0.3) is 5.69 Å². The topological polar surface area (TPSA) is 79.2 Å². The zero-order chi connectivity index (χ0) is 14.2. The van der Waals surface area contributed by atoms with Gasteiger partial charge in [0.05, 0.1) is 12.0 Å². The Balaban J connectivity index is 1.95. The molecule has 2 rings (SSSR count). The Morgan fingerprint density at radius 1 is 1.30 bits per heavy atom. The summed E-state index contributed by atoms with van der Waals surface area (Å²) < 4.78 is 1.90. The van der Waals surface area contributed by atoms with Crippen LogP contribution >= 0.6 is 0 Å². The molecule has 1 heterocycles. The molecule has 0 aliphatic carbocycles. The van der Waals surface area contributed by atoms with E-state index in [9.17, 15) is 4.79 Å². The van der Waals surface area contributed by atoms with E-state index in [1.165, 1.54) is 0 Å². The van der Waals surface area contributed by atoms with Crippen LogP contribution in [0.2, 0.25) is 0 Å². The first-order valence-corrected chi connectivity index (χ1v) is 6.50. The third-order valence-electron chi connectivity index (χ3n) is 2.83. The first-order chi connectivity index (χ1) is 9.81. The second-order valence-corrected chi connectivity index (χ2v) is 4.29. The summed E-state index contributed by atoms with van der Waals surface area (Å²) in [5, 5.41) is 14.1. The highest BCUT2D eigenvalue weighted by molar-refractivity contribution is 5.73. The number of aliphatic hydroxyl groups is 1. The first kappa shape index (κ1) is 14.1. The number of hydrogen-bond acceptors (Lipinski definition) is 3. The molecule has 0 fully saturated rings. The summed E-state index contributed by atoms with van der Waals surface area (Å²) in [6.07, 6.45) is 5.85. The summed E-state index contributed by atoms with van der Waals surface area (Å²) in [7, 11) is 0. The fourth-order valence-corrected chi connectivity index (χ4v) is 1.83. The van der Waals surface area contributed by atoms with E-state index in [0.29, 0.717) is 19.5 Å². The van der Waals surface area contributed by atoms with Crippen LogP contribution in [0.15, 0.2) is 43.0 Å². The van der Waals surface area contributed by atoms with Crippen molar-refractivity contribution in [2.24, 2.45) is 0 Å². The van der Waals surface area contributed by atoms with Crippen LogP contribution in [0.3, 0.4) is 0 Å². The fourth-order valence-electron chi connectivity index (χ4n) is 1.83. The van der Waals surface area contributed by atoms with Crippen molar-refractivity contribution < 1.29 is 9.90 Å². The molecule has 1 aromatic carbocycles. The minimum Gasteiger partial charge on any atom is -0.396 e. The number of nitrogens with zero attached hydrogens (tertiary/aromatic N) is 2. The number of imidazole rings is 1. The summed E-state index contributed by atoms with van der Waals surface area (Å²) in [6.45, 7) is 0.967. The fraction of sp³-hybridized carbons (Fsp3) is 0.286. The average Bonchev–Trinajstić information content (AvgIpc) is 3.00. The maximum atomic E-state index is 11.6. The number of amides is 2. The minimum absolute atomic E-state index is 0.0732. The molecule has 0 spiro atoms. The van der Waals surface area contributed by atoms with E-state index in [1.807, 2.05) is 35.0 Å². The molecule has 20 heavy (non-hydrogen) atoms. The molecule has 0 atom stereocenters. The second kappa shape index (κ2) is 7.30. The molecular weight excluding hydrogens is 256 g/mol. The van der Waals surface area contributed by atoms with E-state index in [-0.39, 0.29) is 12.6 Å². The van der Waals surface area contributed by atoms with Gasteiger partial charge in [-0.2, -0.15) is 0 Å². The number of rotatable bonds is 6. The van der Waals surface area contributed by atoms with Gasteiger partial charge in [0.2, 0.25) is 0 Å². The Morgan fingerprint density at radius 2 is 2.15 bits per heavy atom. The van der Waals surface area contributed by atoms with Gasteiger partial charge in [0.15, 0.2) is 0 Å². The van der Waals surface area contributed by atoms with E-state index >= 15 is 0 Å².